The van der Waals surface area contributed by atoms with Crippen molar-refractivity contribution in [3.63, 3.8) is 0 Å². The summed E-state index contributed by atoms with van der Waals surface area (Å²) in [6, 6.07) is -0.238. The zero-order valence-corrected chi connectivity index (χ0v) is 9.54. The molecule has 92 valence electrons. The zero-order valence-electron chi connectivity index (χ0n) is 9.54. The summed E-state index contributed by atoms with van der Waals surface area (Å²) in [5.41, 5.74) is 0. The first-order valence-corrected chi connectivity index (χ1v) is 5.52. The first-order valence-electron chi connectivity index (χ1n) is 5.52. The number of methoxy groups -OCH3 is 1. The molecule has 1 aliphatic carbocycles. The molecule has 6 heteroatoms. The van der Waals surface area contributed by atoms with E-state index >= 15 is 0 Å². The van der Waals surface area contributed by atoms with Gasteiger partial charge in [-0.15, -0.1) is 0 Å². The van der Waals surface area contributed by atoms with Gasteiger partial charge in [0, 0.05) is 32.7 Å². The zero-order chi connectivity index (χ0) is 11.8. The van der Waals surface area contributed by atoms with E-state index in [1.54, 1.807) is 7.11 Å². The molecule has 0 atom stereocenters. The highest BCUT2D eigenvalue weighted by atomic mass is 16.5. The van der Waals surface area contributed by atoms with Crippen molar-refractivity contribution in [1.82, 2.24) is 16.0 Å². The van der Waals surface area contributed by atoms with Crippen LogP contribution >= 0.6 is 0 Å². The summed E-state index contributed by atoms with van der Waals surface area (Å²) in [7, 11) is 1.58. The highest BCUT2D eigenvalue weighted by Gasteiger charge is 2.28. The molecule has 0 aromatic carbocycles. The molecule has 0 aromatic heterocycles. The van der Waals surface area contributed by atoms with Gasteiger partial charge in [-0.3, -0.25) is 4.79 Å². The Kier molecular flexibility index (Phi) is 5.63. The fourth-order valence-electron chi connectivity index (χ4n) is 1.18. The molecular formula is C10H19N3O3. The van der Waals surface area contributed by atoms with E-state index < -0.39 is 0 Å². The second kappa shape index (κ2) is 7.05. The maximum atomic E-state index is 11.2. The van der Waals surface area contributed by atoms with Crippen LogP contribution in [-0.4, -0.2) is 45.3 Å². The number of carbonyl (C=O) groups is 2. The standard InChI is InChI=1S/C10H19N3O3/c1-16-7-6-13-10(15)12-5-4-11-9(14)8-2-3-8/h8H,2-7H2,1H3,(H,11,14)(H2,12,13,15). The molecule has 0 heterocycles. The van der Waals surface area contributed by atoms with Crippen molar-refractivity contribution in [2.75, 3.05) is 33.4 Å². The lowest BCUT2D eigenvalue weighted by molar-refractivity contribution is -0.122. The maximum Gasteiger partial charge on any atom is 0.314 e. The van der Waals surface area contributed by atoms with Gasteiger partial charge in [-0.05, 0) is 12.8 Å². The lowest BCUT2D eigenvalue weighted by Gasteiger charge is -2.07. The molecule has 1 aliphatic rings. The Labute approximate surface area is 95.1 Å². The number of urea groups is 1. The Morgan fingerprint density at radius 3 is 2.38 bits per heavy atom. The molecule has 0 aromatic rings. The number of carbonyl (C=O) groups excluding carboxylic acids is 2. The minimum atomic E-state index is -0.238. The van der Waals surface area contributed by atoms with Crippen LogP contribution in [0.25, 0.3) is 0 Å². The lowest BCUT2D eigenvalue weighted by Crippen LogP contribution is -2.41. The van der Waals surface area contributed by atoms with Crippen LogP contribution in [0.1, 0.15) is 12.8 Å². The third-order valence-corrected chi connectivity index (χ3v) is 2.25. The Morgan fingerprint density at radius 1 is 1.12 bits per heavy atom. The van der Waals surface area contributed by atoms with Crippen LogP contribution in [0.5, 0.6) is 0 Å². The maximum absolute atomic E-state index is 11.2. The molecule has 1 fully saturated rings. The summed E-state index contributed by atoms with van der Waals surface area (Å²) in [6.07, 6.45) is 1.99. The second-order valence-corrected chi connectivity index (χ2v) is 3.74. The highest BCUT2D eigenvalue weighted by Crippen LogP contribution is 2.28. The van der Waals surface area contributed by atoms with E-state index in [0.717, 1.165) is 12.8 Å². The Bertz CT molecular complexity index is 241. The lowest BCUT2D eigenvalue weighted by atomic mass is 10.4. The fourth-order valence-corrected chi connectivity index (χ4v) is 1.18. The Balaban J connectivity index is 1.89. The van der Waals surface area contributed by atoms with Gasteiger partial charge in [-0.25, -0.2) is 4.79 Å². The fraction of sp³-hybridized carbons (Fsp3) is 0.800. The molecule has 0 saturated heterocycles. The van der Waals surface area contributed by atoms with Crippen LogP contribution in [0.4, 0.5) is 4.79 Å². The van der Waals surface area contributed by atoms with Gasteiger partial charge in [0.15, 0.2) is 0 Å². The molecule has 0 bridgehead atoms. The van der Waals surface area contributed by atoms with Crippen molar-refractivity contribution in [1.29, 1.82) is 0 Å². The van der Waals surface area contributed by atoms with Crippen molar-refractivity contribution >= 4 is 11.9 Å². The minimum Gasteiger partial charge on any atom is -0.383 e. The largest absolute Gasteiger partial charge is 0.383 e. The third kappa shape index (κ3) is 5.55. The van der Waals surface area contributed by atoms with E-state index in [1.165, 1.54) is 0 Å². The van der Waals surface area contributed by atoms with Gasteiger partial charge in [-0.1, -0.05) is 0 Å². The third-order valence-electron chi connectivity index (χ3n) is 2.25. The quantitative estimate of drug-likeness (QED) is 0.513. The van der Waals surface area contributed by atoms with Gasteiger partial charge in [0.05, 0.1) is 6.61 Å². The van der Waals surface area contributed by atoms with E-state index in [4.69, 9.17) is 4.74 Å². The molecule has 3 amide bonds. The number of amides is 3. The summed E-state index contributed by atoms with van der Waals surface area (Å²) >= 11 is 0. The number of hydrogen-bond acceptors (Lipinski definition) is 3. The number of hydrogen-bond donors (Lipinski definition) is 3. The first-order chi connectivity index (χ1) is 7.74. The molecule has 0 radical (unpaired) electrons. The van der Waals surface area contributed by atoms with Gasteiger partial charge in [0.1, 0.15) is 0 Å². The van der Waals surface area contributed by atoms with E-state index in [-0.39, 0.29) is 17.9 Å². The predicted octanol–water partition coefficient (Wildman–Crippen LogP) is -0.542. The van der Waals surface area contributed by atoms with Crippen molar-refractivity contribution < 1.29 is 14.3 Å². The number of rotatable bonds is 7. The summed E-state index contributed by atoms with van der Waals surface area (Å²) in [4.78, 5) is 22.3. The summed E-state index contributed by atoms with van der Waals surface area (Å²) in [6.45, 7) is 1.90. The van der Waals surface area contributed by atoms with Crippen LogP contribution in [0, 0.1) is 5.92 Å². The van der Waals surface area contributed by atoms with E-state index in [1.807, 2.05) is 0 Å². The van der Waals surface area contributed by atoms with Gasteiger partial charge in [0.25, 0.3) is 0 Å². The average molecular weight is 229 g/mol. The van der Waals surface area contributed by atoms with Crippen LogP contribution < -0.4 is 16.0 Å². The molecule has 0 aliphatic heterocycles. The molecule has 3 N–H and O–H groups in total. The molecule has 1 saturated carbocycles. The van der Waals surface area contributed by atoms with E-state index in [2.05, 4.69) is 16.0 Å². The van der Waals surface area contributed by atoms with Crippen LogP contribution in [0.2, 0.25) is 0 Å². The summed E-state index contributed by atoms with van der Waals surface area (Å²) < 4.78 is 4.78. The summed E-state index contributed by atoms with van der Waals surface area (Å²) in [5, 5.41) is 8.02. The second-order valence-electron chi connectivity index (χ2n) is 3.74. The van der Waals surface area contributed by atoms with Crippen LogP contribution in [0.3, 0.4) is 0 Å². The average Bonchev–Trinajstić information content (AvgIpc) is 3.08. The normalized spacial score (nSPS) is 14.3. The van der Waals surface area contributed by atoms with Gasteiger partial charge in [-0.2, -0.15) is 0 Å². The molecule has 0 unspecified atom stereocenters. The van der Waals surface area contributed by atoms with E-state index in [9.17, 15) is 9.59 Å². The Morgan fingerprint density at radius 2 is 1.75 bits per heavy atom. The van der Waals surface area contributed by atoms with Crippen molar-refractivity contribution in [3.8, 4) is 0 Å². The smallest absolute Gasteiger partial charge is 0.314 e. The van der Waals surface area contributed by atoms with Gasteiger partial charge >= 0.3 is 6.03 Å². The molecule has 16 heavy (non-hydrogen) atoms. The number of ether oxygens (including phenoxy) is 1. The minimum absolute atomic E-state index is 0.0987. The van der Waals surface area contributed by atoms with Crippen LogP contribution in [0.15, 0.2) is 0 Å². The van der Waals surface area contributed by atoms with Crippen LogP contribution in [-0.2, 0) is 9.53 Å². The van der Waals surface area contributed by atoms with Gasteiger partial charge in [0.2, 0.25) is 5.91 Å². The van der Waals surface area contributed by atoms with Crippen molar-refractivity contribution in [2.45, 2.75) is 12.8 Å². The van der Waals surface area contributed by atoms with Crippen molar-refractivity contribution in [2.24, 2.45) is 5.92 Å². The molecule has 0 spiro atoms. The predicted molar refractivity (Wildman–Crippen MR) is 59.0 cm³/mol. The SMILES string of the molecule is COCCNC(=O)NCCNC(=O)C1CC1. The molecular weight excluding hydrogens is 210 g/mol. The Hall–Kier alpha value is -1.30. The molecule has 1 rings (SSSR count). The van der Waals surface area contributed by atoms with Crippen molar-refractivity contribution in [3.05, 3.63) is 0 Å². The summed E-state index contributed by atoms with van der Waals surface area (Å²) in [5.74, 6) is 0.317. The highest BCUT2D eigenvalue weighted by molar-refractivity contribution is 5.80. The molecule has 6 nitrogen and oxygen atoms in total. The topological polar surface area (TPSA) is 79.5 Å². The first kappa shape index (κ1) is 12.8. The van der Waals surface area contributed by atoms with E-state index in [0.29, 0.717) is 26.2 Å². The van der Waals surface area contributed by atoms with Gasteiger partial charge < -0.3 is 20.7 Å². The number of nitrogens with one attached hydrogen (secondary N) is 3. The monoisotopic (exact) mass is 229 g/mol.